The second-order valence-corrected chi connectivity index (χ2v) is 6.66. The third kappa shape index (κ3) is 2.89. The first-order valence-electron chi connectivity index (χ1n) is 3.87. The molecule has 0 aromatic rings. The van der Waals surface area contributed by atoms with Gasteiger partial charge in [-0.2, -0.15) is 0 Å². The van der Waals surface area contributed by atoms with Crippen LogP contribution in [0.1, 0.15) is 0 Å². The summed E-state index contributed by atoms with van der Waals surface area (Å²) in [6, 6.07) is 0. The van der Waals surface area contributed by atoms with Crippen molar-refractivity contribution in [3.05, 3.63) is 61.1 Å². The van der Waals surface area contributed by atoms with Crippen molar-refractivity contribution in [3.63, 3.8) is 0 Å². The summed E-state index contributed by atoms with van der Waals surface area (Å²) in [5, 5.41) is 0. The van der Waals surface area contributed by atoms with Crippen molar-refractivity contribution in [3.8, 4) is 0 Å². The van der Waals surface area contributed by atoms with Gasteiger partial charge in [-0.05, 0) is 5.57 Å². The van der Waals surface area contributed by atoms with Gasteiger partial charge in [0, 0.05) is 0 Å². The Bertz CT molecular complexity index is 215. The third-order valence-electron chi connectivity index (χ3n) is 1.83. The van der Waals surface area contributed by atoms with E-state index in [4.69, 9.17) is 0 Å². The molecule has 0 nitrogen and oxygen atoms in total. The Morgan fingerprint density at radius 2 is 1.42 bits per heavy atom. The molecule has 0 rings (SSSR count). The smallest absolute Gasteiger partial charge is 0.106 e. The molecule has 0 spiro atoms. The van der Waals surface area contributed by atoms with E-state index in [0.717, 1.165) is 5.57 Å². The number of allylic oxidation sites excluding steroid dienone is 3. The van der Waals surface area contributed by atoms with E-state index in [1.807, 2.05) is 11.4 Å². The Morgan fingerprint density at radius 1 is 1.00 bits per heavy atom. The molecule has 0 saturated heterocycles. The fourth-order valence-corrected chi connectivity index (χ4v) is 2.12. The summed E-state index contributed by atoms with van der Waals surface area (Å²) in [7, 11) is -1.58. The number of hydrogen-bond acceptors (Lipinski definition) is 0. The number of rotatable bonds is 5. The summed E-state index contributed by atoms with van der Waals surface area (Å²) in [6.07, 6.45) is 3.59. The molecule has 0 unspecified atom stereocenters. The van der Waals surface area contributed by atoms with Crippen molar-refractivity contribution >= 4 is 8.07 Å². The van der Waals surface area contributed by atoms with Crippen LogP contribution in [0.3, 0.4) is 0 Å². The monoisotopic (exact) mass is 176 g/mol. The molecule has 0 fully saturated rings. The zero-order valence-corrected chi connectivity index (χ0v) is 8.72. The molecule has 1 heteroatoms. The molecular weight excluding hydrogens is 160 g/mol. The van der Waals surface area contributed by atoms with Crippen LogP contribution < -0.4 is 0 Å². The van der Waals surface area contributed by atoms with Crippen LogP contribution in [0.4, 0.5) is 0 Å². The van der Waals surface area contributed by atoms with Crippen LogP contribution in [-0.4, -0.2) is 8.07 Å². The topological polar surface area (TPSA) is 0 Å². The van der Waals surface area contributed by atoms with Crippen LogP contribution in [0.15, 0.2) is 61.1 Å². The molecule has 0 aliphatic carbocycles. The summed E-state index contributed by atoms with van der Waals surface area (Å²) in [4.78, 5) is 0. The molecule has 0 bridgehead atoms. The summed E-state index contributed by atoms with van der Waals surface area (Å²) in [6.45, 7) is 17.2. The predicted molar refractivity (Wildman–Crippen MR) is 60.5 cm³/mol. The van der Waals surface area contributed by atoms with Gasteiger partial charge in [0.15, 0.2) is 0 Å². The van der Waals surface area contributed by atoms with Gasteiger partial charge < -0.3 is 0 Å². The molecule has 0 radical (unpaired) electrons. The van der Waals surface area contributed by atoms with Crippen molar-refractivity contribution in [2.75, 3.05) is 0 Å². The molecule has 0 atom stereocenters. The lowest BCUT2D eigenvalue weighted by Crippen LogP contribution is -2.21. The van der Waals surface area contributed by atoms with E-state index in [9.17, 15) is 0 Å². The van der Waals surface area contributed by atoms with Gasteiger partial charge in [0.1, 0.15) is 8.07 Å². The van der Waals surface area contributed by atoms with Crippen molar-refractivity contribution in [2.45, 2.75) is 6.55 Å². The maximum absolute atomic E-state index is 3.80. The molecule has 0 heterocycles. The van der Waals surface area contributed by atoms with Gasteiger partial charge in [-0.25, -0.2) is 0 Å². The quantitative estimate of drug-likeness (QED) is 0.445. The van der Waals surface area contributed by atoms with Crippen LogP contribution in [0.2, 0.25) is 6.55 Å². The fourth-order valence-electron chi connectivity index (χ4n) is 0.761. The van der Waals surface area contributed by atoms with E-state index in [-0.39, 0.29) is 0 Å². The maximum Gasteiger partial charge on any atom is 0.122 e. The molecular formula is C11H16Si. The average Bonchev–Trinajstić information content (AvgIpc) is 2.14. The van der Waals surface area contributed by atoms with E-state index in [0.29, 0.717) is 0 Å². The van der Waals surface area contributed by atoms with Crippen LogP contribution >= 0.6 is 0 Å². The molecule has 0 aliphatic heterocycles. The highest BCUT2D eigenvalue weighted by Gasteiger charge is 2.14. The Kier molecular flexibility index (Phi) is 4.30. The minimum atomic E-state index is -1.58. The Morgan fingerprint density at radius 3 is 1.67 bits per heavy atom. The normalized spacial score (nSPS) is 9.75. The fraction of sp³-hybridized carbons (Fsp3) is 0.0909. The van der Waals surface area contributed by atoms with E-state index in [2.05, 4.69) is 38.6 Å². The van der Waals surface area contributed by atoms with Gasteiger partial charge in [0.05, 0.1) is 0 Å². The largest absolute Gasteiger partial charge is 0.122 e. The van der Waals surface area contributed by atoms with Crippen LogP contribution in [-0.2, 0) is 0 Å². The van der Waals surface area contributed by atoms with Gasteiger partial charge in [-0.1, -0.05) is 49.0 Å². The van der Waals surface area contributed by atoms with Gasteiger partial charge in [-0.15, -0.1) is 13.2 Å². The van der Waals surface area contributed by atoms with Gasteiger partial charge in [-0.3, -0.25) is 0 Å². The van der Waals surface area contributed by atoms with E-state index >= 15 is 0 Å². The van der Waals surface area contributed by atoms with E-state index < -0.39 is 8.07 Å². The van der Waals surface area contributed by atoms with Crippen molar-refractivity contribution < 1.29 is 0 Å². The Balaban J connectivity index is 4.88. The lowest BCUT2D eigenvalue weighted by Gasteiger charge is -2.13. The summed E-state index contributed by atoms with van der Waals surface area (Å²) >= 11 is 0. The molecule has 0 N–H and O–H groups in total. The zero-order chi connectivity index (χ0) is 9.61. The summed E-state index contributed by atoms with van der Waals surface area (Å²) < 4.78 is 0. The zero-order valence-electron chi connectivity index (χ0n) is 7.72. The van der Waals surface area contributed by atoms with E-state index in [1.54, 1.807) is 12.2 Å². The van der Waals surface area contributed by atoms with E-state index in [1.165, 1.54) is 0 Å². The third-order valence-corrected chi connectivity index (χ3v) is 4.54. The molecule has 0 aromatic heterocycles. The summed E-state index contributed by atoms with van der Waals surface area (Å²) in [5.41, 5.74) is 7.18. The highest BCUT2D eigenvalue weighted by atomic mass is 28.3. The molecule has 12 heavy (non-hydrogen) atoms. The van der Waals surface area contributed by atoms with Crippen molar-refractivity contribution in [1.29, 1.82) is 0 Å². The summed E-state index contributed by atoms with van der Waals surface area (Å²) in [5.74, 6) is 0. The lowest BCUT2D eigenvalue weighted by molar-refractivity contribution is 1.74. The lowest BCUT2D eigenvalue weighted by atomic mass is 10.3. The van der Waals surface area contributed by atoms with Crippen LogP contribution in [0.5, 0.6) is 0 Å². The standard InChI is InChI=1S/C11H16Si/c1-6-11(7-2)10-12(5,8-3)9-4/h6-10H,1-4H2,5H3. The first-order chi connectivity index (χ1) is 5.61. The van der Waals surface area contributed by atoms with Crippen LogP contribution in [0.25, 0.3) is 0 Å². The SMILES string of the molecule is C=CC(C=C)=C[Si](C)(C=C)C=C. The van der Waals surface area contributed by atoms with Crippen molar-refractivity contribution in [1.82, 2.24) is 0 Å². The second-order valence-electron chi connectivity index (χ2n) is 2.83. The molecule has 0 saturated carbocycles. The van der Waals surface area contributed by atoms with Crippen LogP contribution in [0, 0.1) is 0 Å². The van der Waals surface area contributed by atoms with Gasteiger partial charge in [0.2, 0.25) is 0 Å². The molecule has 0 aliphatic rings. The van der Waals surface area contributed by atoms with Gasteiger partial charge >= 0.3 is 0 Å². The number of hydrogen-bond donors (Lipinski definition) is 0. The first-order valence-corrected chi connectivity index (χ1v) is 6.60. The minimum Gasteiger partial charge on any atom is -0.106 e. The first kappa shape index (κ1) is 10.9. The van der Waals surface area contributed by atoms with Crippen molar-refractivity contribution in [2.24, 2.45) is 0 Å². The molecule has 0 aromatic carbocycles. The van der Waals surface area contributed by atoms with Gasteiger partial charge in [0.25, 0.3) is 0 Å². The highest BCUT2D eigenvalue weighted by Crippen LogP contribution is 2.11. The predicted octanol–water partition coefficient (Wildman–Crippen LogP) is 3.35. The minimum absolute atomic E-state index is 1.06. The average molecular weight is 176 g/mol. The Hall–Kier alpha value is -1.08. The molecule has 64 valence electrons. The second kappa shape index (κ2) is 4.73. The molecule has 0 amide bonds. The highest BCUT2D eigenvalue weighted by molar-refractivity contribution is 6.92. The Labute approximate surface area is 76.3 Å². The maximum atomic E-state index is 3.80.